The summed E-state index contributed by atoms with van der Waals surface area (Å²) in [7, 11) is -3.56. The van der Waals surface area contributed by atoms with Crippen LogP contribution >= 0.6 is 11.6 Å². The third-order valence-corrected chi connectivity index (χ3v) is 8.41. The molecule has 4 rings (SSSR count). The summed E-state index contributed by atoms with van der Waals surface area (Å²) in [5.41, 5.74) is 1.55. The minimum Gasteiger partial charge on any atom is -0.396 e. The summed E-state index contributed by atoms with van der Waals surface area (Å²) in [4.78, 5) is 12.1. The van der Waals surface area contributed by atoms with Crippen LogP contribution in [0.2, 0.25) is 5.02 Å². The van der Waals surface area contributed by atoms with Crippen molar-refractivity contribution >= 4 is 21.4 Å². The highest BCUT2D eigenvalue weighted by Gasteiger charge is 2.41. The van der Waals surface area contributed by atoms with Crippen LogP contribution in [0.1, 0.15) is 32.6 Å². The summed E-state index contributed by atoms with van der Waals surface area (Å²) in [5, 5.41) is 14.3. The van der Waals surface area contributed by atoms with Gasteiger partial charge in [-0.15, -0.1) is 0 Å². The average Bonchev–Trinajstić information content (AvgIpc) is 3.22. The van der Waals surface area contributed by atoms with Crippen molar-refractivity contribution in [3.63, 3.8) is 0 Å². The maximum Gasteiger partial charge on any atom is 0.250 e. The Bertz CT molecular complexity index is 1290. The molecule has 2 heterocycles. The standard InChI is InChI=1S/C23H26ClN3O4S/c1-2-10-26-14-18(4-7-22(26)29)27-13-17(12-25-27)20-6-5-19(11-21(20)24)32(30,31)16-23(15-28)8-3-9-23/h4-7,11-14,28H,2-3,8-10,15-16H2,1H3. The highest BCUT2D eigenvalue weighted by molar-refractivity contribution is 7.91. The molecule has 0 atom stereocenters. The maximum absolute atomic E-state index is 12.9. The van der Waals surface area contributed by atoms with E-state index in [9.17, 15) is 18.3 Å². The van der Waals surface area contributed by atoms with Crippen molar-refractivity contribution in [1.82, 2.24) is 14.3 Å². The molecule has 0 unspecified atom stereocenters. The molecular formula is C23H26ClN3O4S. The Labute approximate surface area is 192 Å². The molecule has 3 aromatic rings. The van der Waals surface area contributed by atoms with Gasteiger partial charge in [-0.05, 0) is 37.5 Å². The molecule has 170 valence electrons. The number of aliphatic hydroxyl groups is 1. The zero-order valence-electron chi connectivity index (χ0n) is 17.9. The van der Waals surface area contributed by atoms with Gasteiger partial charge < -0.3 is 9.67 Å². The van der Waals surface area contributed by atoms with E-state index in [0.29, 0.717) is 17.1 Å². The van der Waals surface area contributed by atoms with Crippen molar-refractivity contribution in [2.24, 2.45) is 5.41 Å². The predicted molar refractivity (Wildman–Crippen MR) is 124 cm³/mol. The Kier molecular flexibility index (Phi) is 6.29. The van der Waals surface area contributed by atoms with Crippen LogP contribution in [-0.2, 0) is 16.4 Å². The Morgan fingerprint density at radius 2 is 1.97 bits per heavy atom. The quantitative estimate of drug-likeness (QED) is 0.536. The molecule has 1 aromatic carbocycles. The second kappa shape index (κ2) is 8.84. The first-order valence-corrected chi connectivity index (χ1v) is 12.7. The number of sulfone groups is 1. The highest BCUT2D eigenvalue weighted by Crippen LogP contribution is 2.43. The number of aromatic nitrogens is 3. The molecule has 1 aliphatic rings. The van der Waals surface area contributed by atoms with Crippen molar-refractivity contribution in [2.75, 3.05) is 12.4 Å². The molecule has 0 saturated heterocycles. The van der Waals surface area contributed by atoms with Crippen molar-refractivity contribution < 1.29 is 13.5 Å². The summed E-state index contributed by atoms with van der Waals surface area (Å²) >= 11 is 6.47. The van der Waals surface area contributed by atoms with Gasteiger partial charge in [0.15, 0.2) is 9.84 Å². The Balaban J connectivity index is 1.60. The van der Waals surface area contributed by atoms with E-state index in [0.717, 1.165) is 36.9 Å². The molecule has 9 heteroatoms. The lowest BCUT2D eigenvalue weighted by atomic mass is 9.71. The van der Waals surface area contributed by atoms with Gasteiger partial charge in [0.2, 0.25) is 0 Å². The zero-order chi connectivity index (χ0) is 22.9. The van der Waals surface area contributed by atoms with Gasteiger partial charge in [0.25, 0.3) is 5.56 Å². The summed E-state index contributed by atoms with van der Waals surface area (Å²) in [6.07, 6.45) is 8.43. The van der Waals surface area contributed by atoms with Gasteiger partial charge in [-0.1, -0.05) is 31.0 Å². The third kappa shape index (κ3) is 4.40. The van der Waals surface area contributed by atoms with Gasteiger partial charge in [0, 0.05) is 53.2 Å². The van der Waals surface area contributed by atoms with Crippen molar-refractivity contribution in [2.45, 2.75) is 44.0 Å². The van der Waals surface area contributed by atoms with E-state index >= 15 is 0 Å². The Morgan fingerprint density at radius 3 is 2.59 bits per heavy atom. The van der Waals surface area contributed by atoms with E-state index in [1.807, 2.05) is 6.92 Å². The largest absolute Gasteiger partial charge is 0.396 e. The first-order chi connectivity index (χ1) is 15.3. The molecule has 0 bridgehead atoms. The number of aliphatic hydroxyl groups excluding tert-OH is 1. The van der Waals surface area contributed by atoms with Gasteiger partial charge >= 0.3 is 0 Å². The number of benzene rings is 1. The van der Waals surface area contributed by atoms with Crippen LogP contribution in [0.3, 0.4) is 0 Å². The molecule has 0 radical (unpaired) electrons. The minimum absolute atomic E-state index is 0.0623. The molecule has 1 aliphatic carbocycles. The zero-order valence-corrected chi connectivity index (χ0v) is 19.4. The Morgan fingerprint density at radius 1 is 1.19 bits per heavy atom. The molecular weight excluding hydrogens is 450 g/mol. The summed E-state index contributed by atoms with van der Waals surface area (Å²) < 4.78 is 29.1. The van der Waals surface area contributed by atoms with E-state index in [1.54, 1.807) is 46.0 Å². The van der Waals surface area contributed by atoms with Crippen LogP contribution in [0.25, 0.3) is 16.8 Å². The lowest BCUT2D eigenvalue weighted by molar-refractivity contribution is 0.0667. The van der Waals surface area contributed by atoms with Crippen molar-refractivity contribution in [1.29, 1.82) is 0 Å². The van der Waals surface area contributed by atoms with Crippen LogP contribution in [-0.4, -0.2) is 40.2 Å². The fraction of sp³-hybridized carbons (Fsp3) is 0.391. The maximum atomic E-state index is 12.9. The number of hydrogen-bond acceptors (Lipinski definition) is 5. The smallest absolute Gasteiger partial charge is 0.250 e. The number of pyridine rings is 1. The van der Waals surface area contributed by atoms with E-state index in [1.165, 1.54) is 12.1 Å². The summed E-state index contributed by atoms with van der Waals surface area (Å²) in [6.45, 7) is 2.51. The minimum atomic E-state index is -3.56. The molecule has 0 spiro atoms. The number of hydrogen-bond donors (Lipinski definition) is 1. The molecule has 0 amide bonds. The van der Waals surface area contributed by atoms with Gasteiger partial charge in [-0.2, -0.15) is 5.10 Å². The van der Waals surface area contributed by atoms with Crippen LogP contribution in [0, 0.1) is 5.41 Å². The Hall–Kier alpha value is -2.42. The fourth-order valence-electron chi connectivity index (χ4n) is 4.11. The fourth-order valence-corrected chi connectivity index (χ4v) is 6.39. The monoisotopic (exact) mass is 475 g/mol. The van der Waals surface area contributed by atoms with Crippen LogP contribution in [0.5, 0.6) is 0 Å². The molecule has 2 aromatic heterocycles. The molecule has 32 heavy (non-hydrogen) atoms. The average molecular weight is 476 g/mol. The normalized spacial score (nSPS) is 15.5. The van der Waals surface area contributed by atoms with Gasteiger partial charge in [0.1, 0.15) is 0 Å². The van der Waals surface area contributed by atoms with Crippen LogP contribution in [0.15, 0.2) is 58.6 Å². The lowest BCUT2D eigenvalue weighted by Crippen LogP contribution is -2.40. The third-order valence-electron chi connectivity index (χ3n) is 6.14. The molecule has 1 saturated carbocycles. The molecule has 1 fully saturated rings. The van der Waals surface area contributed by atoms with Gasteiger partial charge in [-0.3, -0.25) is 4.79 Å². The number of aryl methyl sites for hydroxylation is 1. The van der Waals surface area contributed by atoms with Gasteiger partial charge in [0.05, 0.1) is 22.5 Å². The van der Waals surface area contributed by atoms with E-state index in [4.69, 9.17) is 11.6 Å². The van der Waals surface area contributed by atoms with Crippen molar-refractivity contribution in [3.05, 3.63) is 64.3 Å². The molecule has 1 N–H and O–H groups in total. The molecule has 7 nitrogen and oxygen atoms in total. The van der Waals surface area contributed by atoms with E-state index in [2.05, 4.69) is 5.10 Å². The highest BCUT2D eigenvalue weighted by atomic mass is 35.5. The lowest BCUT2D eigenvalue weighted by Gasteiger charge is -2.39. The van der Waals surface area contributed by atoms with Gasteiger partial charge in [-0.25, -0.2) is 13.1 Å². The van der Waals surface area contributed by atoms with E-state index in [-0.39, 0.29) is 22.8 Å². The number of nitrogens with zero attached hydrogens (tertiary/aromatic N) is 3. The summed E-state index contributed by atoms with van der Waals surface area (Å²) in [6, 6.07) is 7.93. The SMILES string of the molecule is CCCn1cc(-n2cc(-c3ccc(S(=O)(=O)CC4(CO)CCC4)cc3Cl)cn2)ccc1=O. The van der Waals surface area contributed by atoms with Crippen molar-refractivity contribution in [3.8, 4) is 16.8 Å². The number of halogens is 1. The van der Waals surface area contributed by atoms with E-state index < -0.39 is 15.3 Å². The molecule has 0 aliphatic heterocycles. The number of rotatable bonds is 8. The van der Waals surface area contributed by atoms with Crippen LogP contribution < -0.4 is 5.56 Å². The predicted octanol–water partition coefficient (Wildman–Crippen LogP) is 3.70. The first-order valence-electron chi connectivity index (χ1n) is 10.7. The summed E-state index contributed by atoms with van der Waals surface area (Å²) in [5.74, 6) is -0.0718. The topological polar surface area (TPSA) is 94.2 Å². The second-order valence-corrected chi connectivity index (χ2v) is 10.9. The second-order valence-electron chi connectivity index (χ2n) is 8.50. The first kappa shape index (κ1) is 22.8. The van der Waals surface area contributed by atoms with Crippen LogP contribution in [0.4, 0.5) is 0 Å².